The summed E-state index contributed by atoms with van der Waals surface area (Å²) in [6, 6.07) is 2.08. The molecule has 0 bridgehead atoms. The summed E-state index contributed by atoms with van der Waals surface area (Å²) in [4.78, 5) is 11.5. The number of halogens is 2. The minimum atomic E-state index is 0.794. The first-order chi connectivity index (χ1) is 8.52. The van der Waals surface area contributed by atoms with Gasteiger partial charge < -0.3 is 5.32 Å². The third-order valence-electron chi connectivity index (χ3n) is 2.44. The molecule has 0 atom stereocenters. The van der Waals surface area contributed by atoms with E-state index in [9.17, 15) is 0 Å². The van der Waals surface area contributed by atoms with E-state index in [2.05, 4.69) is 73.7 Å². The van der Waals surface area contributed by atoms with E-state index in [0.29, 0.717) is 0 Å². The Hall–Kier alpha value is -0.210. The third kappa shape index (κ3) is 2.85. The van der Waals surface area contributed by atoms with Crippen molar-refractivity contribution in [1.29, 1.82) is 0 Å². The first-order valence-electron chi connectivity index (χ1n) is 5.57. The molecule has 0 aliphatic rings. The van der Waals surface area contributed by atoms with E-state index in [4.69, 9.17) is 0 Å². The summed E-state index contributed by atoms with van der Waals surface area (Å²) in [5.74, 6) is 1.71. The highest BCUT2D eigenvalue weighted by molar-refractivity contribution is 14.1. The molecule has 0 aliphatic carbocycles. The van der Waals surface area contributed by atoms with Crippen LogP contribution < -0.4 is 5.32 Å². The number of thiophene rings is 1. The van der Waals surface area contributed by atoms with Gasteiger partial charge in [0, 0.05) is 15.9 Å². The number of hydrogen-bond donors (Lipinski definition) is 1. The van der Waals surface area contributed by atoms with E-state index < -0.39 is 0 Å². The zero-order valence-corrected chi connectivity index (χ0v) is 14.9. The maximum absolute atomic E-state index is 4.61. The molecule has 6 heteroatoms. The minimum absolute atomic E-state index is 0.794. The van der Waals surface area contributed by atoms with Crippen LogP contribution in [0.25, 0.3) is 10.7 Å². The van der Waals surface area contributed by atoms with E-state index in [1.54, 1.807) is 11.3 Å². The van der Waals surface area contributed by atoms with Crippen LogP contribution >= 0.6 is 49.9 Å². The summed E-state index contributed by atoms with van der Waals surface area (Å²) in [5.41, 5.74) is 1.01. The van der Waals surface area contributed by atoms with E-state index in [1.165, 1.54) is 4.88 Å². The Balaban J connectivity index is 2.51. The van der Waals surface area contributed by atoms with Crippen LogP contribution in [0.1, 0.15) is 17.5 Å². The van der Waals surface area contributed by atoms with E-state index in [1.807, 2.05) is 6.92 Å². The molecule has 2 aromatic rings. The Labute approximate surface area is 133 Å². The van der Waals surface area contributed by atoms with E-state index in [-0.39, 0.29) is 0 Å². The second-order valence-corrected chi connectivity index (χ2v) is 7.03. The molecule has 0 spiro atoms. The van der Waals surface area contributed by atoms with Crippen molar-refractivity contribution >= 4 is 55.7 Å². The molecule has 96 valence electrons. The second kappa shape index (κ2) is 5.83. The van der Waals surface area contributed by atoms with Crippen LogP contribution in [-0.4, -0.2) is 16.5 Å². The van der Waals surface area contributed by atoms with Crippen LogP contribution in [0.3, 0.4) is 0 Å². The number of aromatic nitrogens is 2. The average molecular weight is 438 g/mol. The fourth-order valence-electron chi connectivity index (χ4n) is 1.52. The predicted molar refractivity (Wildman–Crippen MR) is 89.4 cm³/mol. The van der Waals surface area contributed by atoms with Crippen LogP contribution in [0.5, 0.6) is 0 Å². The number of aryl methyl sites for hydroxylation is 2. The topological polar surface area (TPSA) is 37.8 Å². The van der Waals surface area contributed by atoms with Gasteiger partial charge in [-0.05, 0) is 65.4 Å². The van der Waals surface area contributed by atoms with Gasteiger partial charge in [0.15, 0.2) is 5.82 Å². The van der Waals surface area contributed by atoms with Crippen molar-refractivity contribution in [2.45, 2.75) is 20.8 Å². The second-order valence-electron chi connectivity index (χ2n) is 3.84. The molecule has 3 nitrogen and oxygen atoms in total. The molecule has 0 unspecified atom stereocenters. The Morgan fingerprint density at radius 2 is 2.11 bits per heavy atom. The lowest BCUT2D eigenvalue weighted by Crippen LogP contribution is -2.05. The van der Waals surface area contributed by atoms with Gasteiger partial charge in [0.25, 0.3) is 0 Å². The molecular formula is C12H13BrIN3S. The van der Waals surface area contributed by atoms with Crippen LogP contribution in [0.15, 0.2) is 10.5 Å². The standard InChI is InChI=1S/C12H13BrIN3S/c1-4-15-12-10(14)6(2)16-11(17-12)9-5-8(13)7(3)18-9/h5H,4H2,1-3H3,(H,15,16,17). The molecule has 0 saturated heterocycles. The van der Waals surface area contributed by atoms with Gasteiger partial charge in [-0.2, -0.15) is 0 Å². The minimum Gasteiger partial charge on any atom is -0.369 e. The molecule has 0 saturated carbocycles. The molecule has 2 heterocycles. The van der Waals surface area contributed by atoms with Crippen molar-refractivity contribution in [2.24, 2.45) is 0 Å². The van der Waals surface area contributed by atoms with Gasteiger partial charge in [0.1, 0.15) is 5.82 Å². The summed E-state index contributed by atoms with van der Waals surface area (Å²) in [6.45, 7) is 7.03. The fourth-order valence-corrected chi connectivity index (χ4v) is 3.42. The summed E-state index contributed by atoms with van der Waals surface area (Å²) < 4.78 is 2.21. The monoisotopic (exact) mass is 437 g/mol. The normalized spacial score (nSPS) is 10.7. The molecule has 0 aromatic carbocycles. The van der Waals surface area contributed by atoms with Crippen molar-refractivity contribution < 1.29 is 0 Å². The maximum atomic E-state index is 4.61. The largest absolute Gasteiger partial charge is 0.369 e. The maximum Gasteiger partial charge on any atom is 0.171 e. The first kappa shape index (κ1) is 14.2. The van der Waals surface area contributed by atoms with Gasteiger partial charge in [0.2, 0.25) is 0 Å². The summed E-state index contributed by atoms with van der Waals surface area (Å²) >= 11 is 7.52. The van der Waals surface area contributed by atoms with Crippen LogP contribution in [0.2, 0.25) is 0 Å². The predicted octanol–water partition coefficient (Wildman–Crippen LogP) is 4.62. The smallest absolute Gasteiger partial charge is 0.171 e. The van der Waals surface area contributed by atoms with Gasteiger partial charge in [-0.1, -0.05) is 0 Å². The number of hydrogen-bond acceptors (Lipinski definition) is 4. The SMILES string of the molecule is CCNc1nc(-c2cc(Br)c(C)s2)nc(C)c1I. The highest BCUT2D eigenvalue weighted by atomic mass is 127. The molecular weight excluding hydrogens is 425 g/mol. The lowest BCUT2D eigenvalue weighted by atomic mass is 10.3. The molecule has 1 N–H and O–H groups in total. The fraction of sp³-hybridized carbons (Fsp3) is 0.333. The first-order valence-corrected chi connectivity index (χ1v) is 8.26. The molecule has 18 heavy (non-hydrogen) atoms. The van der Waals surface area contributed by atoms with E-state index >= 15 is 0 Å². The van der Waals surface area contributed by atoms with E-state index in [0.717, 1.165) is 36.8 Å². The number of anilines is 1. The number of nitrogens with zero attached hydrogens (tertiary/aromatic N) is 2. The Morgan fingerprint density at radius 3 is 2.67 bits per heavy atom. The highest BCUT2D eigenvalue weighted by Crippen LogP contribution is 2.33. The number of nitrogens with one attached hydrogen (secondary N) is 1. The molecule has 0 radical (unpaired) electrons. The summed E-state index contributed by atoms with van der Waals surface area (Å²) in [6.07, 6.45) is 0. The lowest BCUT2D eigenvalue weighted by Gasteiger charge is -2.09. The van der Waals surface area contributed by atoms with Crippen molar-refractivity contribution in [3.63, 3.8) is 0 Å². The van der Waals surface area contributed by atoms with Crippen molar-refractivity contribution in [2.75, 3.05) is 11.9 Å². The van der Waals surface area contributed by atoms with Crippen molar-refractivity contribution in [1.82, 2.24) is 9.97 Å². The van der Waals surface area contributed by atoms with Gasteiger partial charge in [-0.25, -0.2) is 9.97 Å². The molecule has 0 fully saturated rings. The Bertz CT molecular complexity index is 563. The zero-order valence-electron chi connectivity index (χ0n) is 10.3. The van der Waals surface area contributed by atoms with Crippen molar-refractivity contribution in [3.8, 4) is 10.7 Å². The zero-order chi connectivity index (χ0) is 13.3. The molecule has 2 aromatic heterocycles. The van der Waals surface area contributed by atoms with Gasteiger partial charge in [-0.3, -0.25) is 0 Å². The molecule has 2 rings (SSSR count). The third-order valence-corrected chi connectivity index (χ3v) is 5.86. The van der Waals surface area contributed by atoms with Crippen LogP contribution in [0, 0.1) is 17.4 Å². The Morgan fingerprint density at radius 1 is 1.39 bits per heavy atom. The number of rotatable bonds is 3. The molecule has 0 amide bonds. The lowest BCUT2D eigenvalue weighted by molar-refractivity contribution is 1.07. The summed E-state index contributed by atoms with van der Waals surface area (Å²) in [5, 5.41) is 3.28. The quantitative estimate of drug-likeness (QED) is 0.712. The summed E-state index contributed by atoms with van der Waals surface area (Å²) in [7, 11) is 0. The average Bonchev–Trinajstić information content (AvgIpc) is 2.65. The van der Waals surface area contributed by atoms with Gasteiger partial charge in [0.05, 0.1) is 14.1 Å². The molecule has 0 aliphatic heterocycles. The van der Waals surface area contributed by atoms with Gasteiger partial charge >= 0.3 is 0 Å². The van der Waals surface area contributed by atoms with Gasteiger partial charge in [-0.15, -0.1) is 11.3 Å². The Kier molecular flexibility index (Phi) is 4.60. The van der Waals surface area contributed by atoms with Crippen molar-refractivity contribution in [3.05, 3.63) is 24.7 Å². The highest BCUT2D eigenvalue weighted by Gasteiger charge is 2.13. The van der Waals surface area contributed by atoms with Crippen LogP contribution in [0.4, 0.5) is 5.82 Å². The van der Waals surface area contributed by atoms with Crippen LogP contribution in [-0.2, 0) is 0 Å².